The van der Waals surface area contributed by atoms with Crippen LogP contribution in [0.3, 0.4) is 0 Å². The summed E-state index contributed by atoms with van der Waals surface area (Å²) in [6.07, 6.45) is 0.108. The summed E-state index contributed by atoms with van der Waals surface area (Å²) in [5.74, 6) is -0.0801. The highest BCUT2D eigenvalue weighted by atomic mass is 35.5. The number of methoxy groups -OCH3 is 1. The van der Waals surface area contributed by atoms with E-state index in [9.17, 15) is 9.18 Å². The van der Waals surface area contributed by atoms with E-state index in [1.165, 1.54) is 25.3 Å². The summed E-state index contributed by atoms with van der Waals surface area (Å²) in [7, 11) is 1.52. The van der Waals surface area contributed by atoms with Crippen LogP contribution < -0.4 is 10.5 Å². The molecule has 0 spiro atoms. The van der Waals surface area contributed by atoms with Crippen LogP contribution >= 0.6 is 11.6 Å². The van der Waals surface area contributed by atoms with Crippen molar-refractivity contribution in [3.63, 3.8) is 0 Å². The Morgan fingerprint density at radius 1 is 1.30 bits per heavy atom. The molecule has 0 saturated carbocycles. The van der Waals surface area contributed by atoms with Gasteiger partial charge in [-0.3, -0.25) is 4.79 Å². The topological polar surface area (TPSA) is 52.3 Å². The van der Waals surface area contributed by atoms with E-state index >= 15 is 0 Å². The minimum Gasteiger partial charge on any atom is -0.497 e. The van der Waals surface area contributed by atoms with Gasteiger partial charge in [0.15, 0.2) is 5.78 Å². The van der Waals surface area contributed by atoms with Gasteiger partial charge in [0.1, 0.15) is 11.6 Å². The zero-order valence-electron chi connectivity index (χ0n) is 10.8. The van der Waals surface area contributed by atoms with Gasteiger partial charge in [0.2, 0.25) is 0 Å². The Morgan fingerprint density at radius 3 is 2.65 bits per heavy atom. The van der Waals surface area contributed by atoms with Crippen molar-refractivity contribution in [3.8, 4) is 5.75 Å². The van der Waals surface area contributed by atoms with Crippen molar-refractivity contribution in [1.29, 1.82) is 0 Å². The Bertz CT molecular complexity index is 658. The van der Waals surface area contributed by atoms with E-state index in [0.29, 0.717) is 22.6 Å². The summed E-state index contributed by atoms with van der Waals surface area (Å²) < 4.78 is 18.1. The van der Waals surface area contributed by atoms with E-state index in [0.717, 1.165) is 0 Å². The van der Waals surface area contributed by atoms with Crippen LogP contribution in [0.25, 0.3) is 0 Å². The molecule has 0 aromatic heterocycles. The highest BCUT2D eigenvalue weighted by molar-refractivity contribution is 6.30. The number of carbonyl (C=O) groups is 1. The van der Waals surface area contributed by atoms with E-state index in [4.69, 9.17) is 22.1 Å². The Hall–Kier alpha value is -2.07. The number of ketones is 1. The molecule has 0 aliphatic rings. The fraction of sp³-hybridized carbons (Fsp3) is 0.133. The first-order chi connectivity index (χ1) is 9.51. The lowest BCUT2D eigenvalue weighted by molar-refractivity contribution is 0.0994. The Labute approximate surface area is 121 Å². The maximum atomic E-state index is 13.1. The summed E-state index contributed by atoms with van der Waals surface area (Å²) >= 11 is 5.69. The van der Waals surface area contributed by atoms with E-state index in [1.54, 1.807) is 18.2 Å². The Balaban J connectivity index is 2.21. The highest BCUT2D eigenvalue weighted by Gasteiger charge is 2.12. The molecule has 2 aromatic rings. The first-order valence-electron chi connectivity index (χ1n) is 5.92. The quantitative estimate of drug-likeness (QED) is 0.693. The van der Waals surface area contributed by atoms with Crippen LogP contribution in [-0.4, -0.2) is 12.9 Å². The molecule has 2 aromatic carbocycles. The molecular weight excluding hydrogens is 281 g/mol. The number of rotatable bonds is 4. The van der Waals surface area contributed by atoms with Crippen molar-refractivity contribution >= 4 is 23.1 Å². The van der Waals surface area contributed by atoms with Gasteiger partial charge in [-0.05, 0) is 29.8 Å². The van der Waals surface area contributed by atoms with Gasteiger partial charge in [-0.15, -0.1) is 0 Å². The normalized spacial score (nSPS) is 10.3. The number of ether oxygens (including phenoxy) is 1. The monoisotopic (exact) mass is 293 g/mol. The predicted molar refractivity (Wildman–Crippen MR) is 76.9 cm³/mol. The molecule has 2 rings (SSSR count). The van der Waals surface area contributed by atoms with Crippen molar-refractivity contribution in [2.24, 2.45) is 0 Å². The van der Waals surface area contributed by atoms with Crippen LogP contribution in [0.2, 0.25) is 5.02 Å². The largest absolute Gasteiger partial charge is 0.497 e. The third-order valence-electron chi connectivity index (χ3n) is 2.91. The van der Waals surface area contributed by atoms with Crippen LogP contribution in [0, 0.1) is 5.82 Å². The predicted octanol–water partition coefficient (Wildman–Crippen LogP) is 3.50. The van der Waals surface area contributed by atoms with Crippen LogP contribution in [-0.2, 0) is 6.42 Å². The van der Waals surface area contributed by atoms with Crippen molar-refractivity contribution in [1.82, 2.24) is 0 Å². The first-order valence-corrected chi connectivity index (χ1v) is 6.29. The molecule has 0 fully saturated rings. The zero-order valence-corrected chi connectivity index (χ0v) is 11.6. The molecule has 0 aliphatic carbocycles. The molecule has 2 N–H and O–H groups in total. The molecule has 0 unspecified atom stereocenters. The van der Waals surface area contributed by atoms with Gasteiger partial charge in [0.05, 0.1) is 12.1 Å². The van der Waals surface area contributed by atoms with Gasteiger partial charge in [-0.2, -0.15) is 0 Å². The summed E-state index contributed by atoms with van der Waals surface area (Å²) in [6, 6.07) is 9.07. The van der Waals surface area contributed by atoms with Gasteiger partial charge >= 0.3 is 0 Å². The average Bonchev–Trinajstić information content (AvgIpc) is 2.42. The molecular formula is C15H13ClFNO2. The lowest BCUT2D eigenvalue weighted by Gasteiger charge is -2.07. The third-order valence-corrected chi connectivity index (χ3v) is 3.20. The van der Waals surface area contributed by atoms with E-state index in [-0.39, 0.29) is 17.2 Å². The van der Waals surface area contributed by atoms with Gasteiger partial charge in [-0.25, -0.2) is 4.39 Å². The second-order valence-electron chi connectivity index (χ2n) is 4.30. The summed E-state index contributed by atoms with van der Waals surface area (Å²) in [5.41, 5.74) is 7.21. The lowest BCUT2D eigenvalue weighted by Crippen LogP contribution is -2.07. The average molecular weight is 294 g/mol. The van der Waals surface area contributed by atoms with Crippen molar-refractivity contribution < 1.29 is 13.9 Å². The minimum absolute atomic E-state index is 0.00185. The standard InChI is InChI=1S/C15H13ClFNO2/c1-20-10-3-4-11(14(18)8-10)15(19)7-9-2-5-13(17)12(16)6-9/h2-6,8H,7,18H2,1H3. The maximum Gasteiger partial charge on any atom is 0.169 e. The number of hydrogen-bond donors (Lipinski definition) is 1. The summed E-state index contributed by atoms with van der Waals surface area (Å²) in [5, 5.41) is -0.00185. The fourth-order valence-corrected chi connectivity index (χ4v) is 2.06. The van der Waals surface area contributed by atoms with Crippen LogP contribution in [0.4, 0.5) is 10.1 Å². The molecule has 0 aliphatic heterocycles. The number of halogens is 2. The van der Waals surface area contributed by atoms with E-state index < -0.39 is 5.82 Å². The van der Waals surface area contributed by atoms with Crippen LogP contribution in [0.5, 0.6) is 5.75 Å². The van der Waals surface area contributed by atoms with E-state index in [1.807, 2.05) is 0 Å². The Morgan fingerprint density at radius 2 is 2.05 bits per heavy atom. The maximum absolute atomic E-state index is 13.1. The SMILES string of the molecule is COc1ccc(C(=O)Cc2ccc(F)c(Cl)c2)c(N)c1. The minimum atomic E-state index is -0.508. The molecule has 104 valence electrons. The van der Waals surface area contributed by atoms with Crippen molar-refractivity contribution in [2.45, 2.75) is 6.42 Å². The molecule has 0 bridgehead atoms. The second-order valence-corrected chi connectivity index (χ2v) is 4.71. The van der Waals surface area contributed by atoms with Crippen LogP contribution in [0.1, 0.15) is 15.9 Å². The van der Waals surface area contributed by atoms with Crippen molar-refractivity contribution in [3.05, 3.63) is 58.4 Å². The number of benzene rings is 2. The number of carbonyl (C=O) groups excluding carboxylic acids is 1. The molecule has 0 radical (unpaired) electrons. The highest BCUT2D eigenvalue weighted by Crippen LogP contribution is 2.22. The van der Waals surface area contributed by atoms with Crippen LogP contribution in [0.15, 0.2) is 36.4 Å². The molecule has 0 amide bonds. The lowest BCUT2D eigenvalue weighted by atomic mass is 10.0. The summed E-state index contributed by atoms with van der Waals surface area (Å²) in [6.45, 7) is 0. The van der Waals surface area contributed by atoms with Gasteiger partial charge in [0, 0.05) is 23.7 Å². The second kappa shape index (κ2) is 5.92. The van der Waals surface area contributed by atoms with Gasteiger partial charge in [0.25, 0.3) is 0 Å². The van der Waals surface area contributed by atoms with E-state index in [2.05, 4.69) is 0 Å². The summed E-state index contributed by atoms with van der Waals surface area (Å²) in [4.78, 5) is 12.2. The number of Topliss-reactive ketones (excluding diaryl/α,β-unsaturated/α-hetero) is 1. The molecule has 20 heavy (non-hydrogen) atoms. The molecule has 3 nitrogen and oxygen atoms in total. The zero-order chi connectivity index (χ0) is 14.7. The molecule has 0 heterocycles. The Kier molecular flexibility index (Phi) is 4.25. The number of hydrogen-bond acceptors (Lipinski definition) is 3. The molecule has 0 atom stereocenters. The molecule has 5 heteroatoms. The third kappa shape index (κ3) is 3.08. The van der Waals surface area contributed by atoms with Crippen molar-refractivity contribution in [2.75, 3.05) is 12.8 Å². The molecule has 0 saturated heterocycles. The number of anilines is 1. The number of nitrogen functional groups attached to an aromatic ring is 1. The number of nitrogens with two attached hydrogens (primary N) is 1. The first kappa shape index (κ1) is 14.3. The fourth-order valence-electron chi connectivity index (χ4n) is 1.85. The smallest absolute Gasteiger partial charge is 0.169 e. The van der Waals surface area contributed by atoms with Gasteiger partial charge in [-0.1, -0.05) is 17.7 Å². The van der Waals surface area contributed by atoms with Gasteiger partial charge < -0.3 is 10.5 Å².